The number of thioether (sulfide) groups is 2. The number of carbonyl (C=O) groups is 4. The quantitative estimate of drug-likeness (QED) is 0.0447. The molecule has 0 aliphatic rings. The molecule has 4 rings (SSSR count). The van der Waals surface area contributed by atoms with Gasteiger partial charge in [-0.15, -0.1) is 23.5 Å². The van der Waals surface area contributed by atoms with Crippen LogP contribution in [0.2, 0.25) is 0 Å². The lowest BCUT2D eigenvalue weighted by Crippen LogP contribution is -2.27. The third-order valence-electron chi connectivity index (χ3n) is 8.32. The Hall–Kier alpha value is -5.46. The lowest BCUT2D eigenvalue weighted by molar-refractivity contribution is -0.144. The summed E-state index contributed by atoms with van der Waals surface area (Å²) in [7, 11) is 0. The zero-order valence-electron chi connectivity index (χ0n) is 31.4. The normalized spacial score (nSPS) is 13.5. The lowest BCUT2D eigenvalue weighted by atomic mass is 9.71. The molecule has 0 saturated heterocycles. The van der Waals surface area contributed by atoms with Gasteiger partial charge in [0.25, 0.3) is 0 Å². The van der Waals surface area contributed by atoms with E-state index in [0.717, 1.165) is 51.6 Å². The van der Waals surface area contributed by atoms with E-state index in [4.69, 9.17) is 29.2 Å². The van der Waals surface area contributed by atoms with Crippen LogP contribution in [0.15, 0.2) is 143 Å². The Morgan fingerprint density at radius 3 is 1.30 bits per heavy atom. The van der Waals surface area contributed by atoms with Crippen molar-refractivity contribution in [2.24, 2.45) is 5.92 Å². The van der Waals surface area contributed by atoms with Crippen molar-refractivity contribution in [3.05, 3.63) is 145 Å². The second-order valence-electron chi connectivity index (χ2n) is 13.3. The van der Waals surface area contributed by atoms with Gasteiger partial charge in [0, 0.05) is 51.0 Å². The summed E-state index contributed by atoms with van der Waals surface area (Å²) in [5.41, 5.74) is 1.79. The highest BCUT2D eigenvalue weighted by Crippen LogP contribution is 2.39. The summed E-state index contributed by atoms with van der Waals surface area (Å²) in [5.74, 6) is -1.64. The summed E-state index contributed by atoms with van der Waals surface area (Å²) in [5, 5.41) is 17.8. The van der Waals surface area contributed by atoms with Gasteiger partial charge in [0.1, 0.15) is 36.9 Å². The second-order valence-corrected chi connectivity index (χ2v) is 15.5. The summed E-state index contributed by atoms with van der Waals surface area (Å²) in [6.07, 6.45) is 2.82. The number of aliphatic carboxylic acids is 2. The lowest BCUT2D eigenvalue weighted by Gasteiger charge is -2.33. The fourth-order valence-corrected chi connectivity index (χ4v) is 7.55. The van der Waals surface area contributed by atoms with Gasteiger partial charge in [0.15, 0.2) is 0 Å². The van der Waals surface area contributed by atoms with Crippen molar-refractivity contribution < 1.29 is 48.3 Å². The first-order valence-electron chi connectivity index (χ1n) is 17.9. The maximum atomic E-state index is 12.3. The van der Waals surface area contributed by atoms with Crippen LogP contribution in [0.3, 0.4) is 0 Å². The van der Waals surface area contributed by atoms with E-state index < -0.39 is 36.1 Å². The van der Waals surface area contributed by atoms with Gasteiger partial charge in [0.2, 0.25) is 0 Å². The third-order valence-corrected chi connectivity index (χ3v) is 10.6. The number of carbonyl (C=O) groups excluding carboxylic acids is 2. The second kappa shape index (κ2) is 22.2. The molecule has 2 atom stereocenters. The van der Waals surface area contributed by atoms with Gasteiger partial charge in [-0.25, -0.2) is 19.2 Å². The summed E-state index contributed by atoms with van der Waals surface area (Å²) < 4.78 is 23.2. The highest BCUT2D eigenvalue weighted by Gasteiger charge is 2.30. The molecule has 0 saturated carbocycles. The van der Waals surface area contributed by atoms with Crippen LogP contribution in [0.4, 0.5) is 0 Å². The van der Waals surface area contributed by atoms with Gasteiger partial charge >= 0.3 is 23.9 Å². The van der Waals surface area contributed by atoms with Gasteiger partial charge in [-0.3, -0.25) is 0 Å². The molecule has 0 fully saturated rings. The largest absolute Gasteiger partial charge is 0.490 e. The van der Waals surface area contributed by atoms with E-state index in [0.29, 0.717) is 28.9 Å². The minimum atomic E-state index is -1.24. The van der Waals surface area contributed by atoms with Gasteiger partial charge in [-0.2, -0.15) is 0 Å². The number of ether oxygens (including phenoxy) is 4. The Bertz CT molecular complexity index is 1780. The average molecular weight is 799 g/mol. The molecule has 0 aliphatic carbocycles. The number of hydrogen-bond donors (Lipinski definition) is 2. The molecule has 2 N–H and O–H groups in total. The van der Waals surface area contributed by atoms with E-state index >= 15 is 0 Å². The standard InChI is InChI=1S/C44H46O10S2/c1-31(2)26-44(3,32-14-18-34(19-15-32)51-27-36(53-42(49)24-22-40(45)46)29-55-38-10-6-4-7-11-38)33-16-20-35(21-17-33)52-28-37(54-43(50)25-23-41(47)48)30-56-39-12-8-5-9-13-39/h4-25,31,36-37H,26-30H2,1-3H3,(H,45,46)(H,47,48)/b24-22-,25-23-. The zero-order valence-corrected chi connectivity index (χ0v) is 33.1. The number of carboxylic acids is 2. The van der Waals surface area contributed by atoms with Crippen LogP contribution in [-0.4, -0.2) is 71.0 Å². The Morgan fingerprint density at radius 1 is 0.589 bits per heavy atom. The fraction of sp³-hybridized carbons (Fsp3) is 0.273. The van der Waals surface area contributed by atoms with Crippen LogP contribution >= 0.6 is 23.5 Å². The van der Waals surface area contributed by atoms with E-state index in [1.165, 1.54) is 23.5 Å². The van der Waals surface area contributed by atoms with Gasteiger partial charge in [-0.1, -0.05) is 81.4 Å². The summed E-state index contributed by atoms with van der Waals surface area (Å²) in [4.78, 5) is 48.4. The topological polar surface area (TPSA) is 146 Å². The van der Waals surface area contributed by atoms with E-state index in [9.17, 15) is 19.2 Å². The Labute approximate surface area is 335 Å². The molecule has 0 spiro atoms. The Morgan fingerprint density at radius 2 is 0.964 bits per heavy atom. The minimum absolute atomic E-state index is 0.0700. The molecule has 0 bridgehead atoms. The van der Waals surface area contributed by atoms with Crippen LogP contribution < -0.4 is 9.47 Å². The molecular weight excluding hydrogens is 753 g/mol. The molecule has 2 unspecified atom stereocenters. The maximum Gasteiger partial charge on any atom is 0.331 e. The van der Waals surface area contributed by atoms with E-state index in [1.54, 1.807) is 0 Å². The number of esters is 2. The predicted octanol–water partition coefficient (Wildman–Crippen LogP) is 8.49. The van der Waals surface area contributed by atoms with Crippen LogP contribution in [0.25, 0.3) is 0 Å². The summed E-state index contributed by atoms with van der Waals surface area (Å²) in [6.45, 7) is 6.68. The zero-order chi connectivity index (χ0) is 40.3. The number of hydrogen-bond acceptors (Lipinski definition) is 10. The van der Waals surface area contributed by atoms with Crippen molar-refractivity contribution in [3.8, 4) is 11.5 Å². The Balaban J connectivity index is 1.43. The van der Waals surface area contributed by atoms with Gasteiger partial charge in [0.05, 0.1) is 0 Å². The van der Waals surface area contributed by atoms with Crippen molar-refractivity contribution in [3.63, 3.8) is 0 Å². The number of carboxylic acid groups (broad SMARTS) is 2. The van der Waals surface area contributed by atoms with E-state index in [2.05, 4.69) is 20.8 Å². The molecule has 4 aromatic carbocycles. The highest BCUT2D eigenvalue weighted by atomic mass is 32.2. The SMILES string of the molecule is CC(C)CC(C)(c1ccc(OCC(CSc2ccccc2)OC(=O)/C=C\C(=O)O)cc1)c1ccc(OCC(CSc2ccccc2)OC(=O)/C=C\C(=O)O)cc1. The van der Waals surface area contributed by atoms with E-state index in [-0.39, 0.29) is 18.6 Å². The first-order chi connectivity index (χ1) is 26.9. The first kappa shape index (κ1) is 43.3. The maximum absolute atomic E-state index is 12.3. The predicted molar refractivity (Wildman–Crippen MR) is 217 cm³/mol. The minimum Gasteiger partial charge on any atom is -0.490 e. The summed E-state index contributed by atoms with van der Waals surface area (Å²) >= 11 is 3.01. The molecule has 10 nitrogen and oxygen atoms in total. The van der Waals surface area contributed by atoms with E-state index in [1.807, 2.05) is 109 Å². The van der Waals surface area contributed by atoms with Crippen LogP contribution in [-0.2, 0) is 34.1 Å². The molecule has 4 aromatic rings. The molecule has 0 amide bonds. The molecule has 0 radical (unpaired) electrons. The smallest absolute Gasteiger partial charge is 0.331 e. The van der Waals surface area contributed by atoms with Crippen molar-refractivity contribution >= 4 is 47.4 Å². The van der Waals surface area contributed by atoms with Crippen molar-refractivity contribution in [2.45, 2.75) is 54.6 Å². The van der Waals surface area contributed by atoms with Gasteiger partial charge in [-0.05, 0) is 72.0 Å². The van der Waals surface area contributed by atoms with Crippen LogP contribution in [0.1, 0.15) is 38.3 Å². The number of rotatable bonds is 22. The fourth-order valence-electron chi connectivity index (χ4n) is 5.77. The molecular formula is C44H46O10S2. The monoisotopic (exact) mass is 798 g/mol. The molecule has 12 heteroatoms. The molecule has 0 aliphatic heterocycles. The Kier molecular flexibility index (Phi) is 17.1. The molecule has 0 heterocycles. The molecule has 294 valence electrons. The molecule has 0 aromatic heterocycles. The molecule has 56 heavy (non-hydrogen) atoms. The average Bonchev–Trinajstić information content (AvgIpc) is 3.19. The van der Waals surface area contributed by atoms with Crippen molar-refractivity contribution in [1.29, 1.82) is 0 Å². The van der Waals surface area contributed by atoms with Crippen molar-refractivity contribution in [1.82, 2.24) is 0 Å². The van der Waals surface area contributed by atoms with Crippen molar-refractivity contribution in [2.75, 3.05) is 24.7 Å². The van der Waals surface area contributed by atoms with Crippen LogP contribution in [0.5, 0.6) is 11.5 Å². The highest BCUT2D eigenvalue weighted by molar-refractivity contribution is 7.99. The van der Waals surface area contributed by atoms with Crippen LogP contribution in [0, 0.1) is 5.92 Å². The first-order valence-corrected chi connectivity index (χ1v) is 19.9. The third kappa shape index (κ3) is 15.0. The van der Waals surface area contributed by atoms with Gasteiger partial charge < -0.3 is 29.2 Å². The summed E-state index contributed by atoms with van der Waals surface area (Å²) in [6, 6.07) is 35.0. The number of benzene rings is 4.